The monoisotopic (exact) mass is 370 g/mol. The maximum absolute atomic E-state index is 12.8. The molecule has 138 valence electrons. The number of imidazole rings is 1. The first-order chi connectivity index (χ1) is 13.8. The highest BCUT2D eigenvalue weighted by atomic mass is 16.1. The van der Waals surface area contributed by atoms with Crippen LogP contribution in [0, 0.1) is 0 Å². The van der Waals surface area contributed by atoms with Crippen LogP contribution in [0.1, 0.15) is 22.0 Å². The van der Waals surface area contributed by atoms with Gasteiger partial charge in [-0.2, -0.15) is 0 Å². The summed E-state index contributed by atoms with van der Waals surface area (Å²) in [6, 6.07) is 13.3. The van der Waals surface area contributed by atoms with Crippen molar-refractivity contribution in [2.75, 3.05) is 0 Å². The van der Waals surface area contributed by atoms with E-state index < -0.39 is 0 Å². The van der Waals surface area contributed by atoms with E-state index in [4.69, 9.17) is 0 Å². The predicted molar refractivity (Wildman–Crippen MR) is 104 cm³/mol. The van der Waals surface area contributed by atoms with Crippen molar-refractivity contribution >= 4 is 5.91 Å². The Morgan fingerprint density at radius 1 is 0.964 bits per heavy atom. The number of amides is 1. The topological polar surface area (TPSA) is 85.6 Å². The standard InChI is InChI=1S/C21H18N6O/c28-21(18-12-24-20(25-13-18)17-7-4-8-22-11-17)26-19(14-27-10-9-23-15-27)16-5-2-1-3-6-16/h1-13,15,19H,14H2,(H,26,28). The first-order valence-corrected chi connectivity index (χ1v) is 8.83. The van der Waals surface area contributed by atoms with Gasteiger partial charge in [-0.15, -0.1) is 0 Å². The lowest BCUT2D eigenvalue weighted by Crippen LogP contribution is -2.31. The van der Waals surface area contributed by atoms with Gasteiger partial charge in [0.15, 0.2) is 5.82 Å². The molecule has 0 aliphatic heterocycles. The van der Waals surface area contributed by atoms with Crippen LogP contribution in [0.5, 0.6) is 0 Å². The molecule has 4 rings (SSSR count). The molecule has 7 heteroatoms. The third-order valence-corrected chi connectivity index (χ3v) is 4.29. The number of hydrogen-bond donors (Lipinski definition) is 1. The zero-order chi connectivity index (χ0) is 19.2. The van der Waals surface area contributed by atoms with Gasteiger partial charge in [-0.25, -0.2) is 15.0 Å². The average molecular weight is 370 g/mol. The zero-order valence-corrected chi connectivity index (χ0v) is 15.0. The van der Waals surface area contributed by atoms with Gasteiger partial charge in [0, 0.05) is 49.3 Å². The van der Waals surface area contributed by atoms with Gasteiger partial charge in [-0.05, 0) is 17.7 Å². The largest absolute Gasteiger partial charge is 0.343 e. The van der Waals surface area contributed by atoms with E-state index in [1.807, 2.05) is 53.2 Å². The van der Waals surface area contributed by atoms with Gasteiger partial charge in [-0.3, -0.25) is 9.78 Å². The van der Waals surface area contributed by atoms with E-state index in [0.29, 0.717) is 17.9 Å². The lowest BCUT2D eigenvalue weighted by molar-refractivity contribution is 0.0932. The van der Waals surface area contributed by atoms with E-state index in [1.54, 1.807) is 24.9 Å². The molecule has 0 saturated carbocycles. The Balaban J connectivity index is 1.52. The van der Waals surface area contributed by atoms with Crippen LogP contribution in [0.4, 0.5) is 0 Å². The highest BCUT2D eigenvalue weighted by Crippen LogP contribution is 2.17. The molecule has 0 saturated heterocycles. The minimum absolute atomic E-state index is 0.208. The second kappa shape index (κ2) is 8.22. The third-order valence-electron chi connectivity index (χ3n) is 4.29. The molecule has 1 unspecified atom stereocenters. The zero-order valence-electron chi connectivity index (χ0n) is 15.0. The molecule has 1 atom stereocenters. The first kappa shape index (κ1) is 17.5. The Morgan fingerprint density at radius 3 is 2.46 bits per heavy atom. The van der Waals surface area contributed by atoms with Crippen molar-refractivity contribution in [2.24, 2.45) is 0 Å². The lowest BCUT2D eigenvalue weighted by atomic mass is 10.1. The highest BCUT2D eigenvalue weighted by Gasteiger charge is 2.17. The van der Waals surface area contributed by atoms with Gasteiger partial charge in [0.2, 0.25) is 0 Å². The minimum Gasteiger partial charge on any atom is -0.343 e. The molecule has 1 amide bonds. The fourth-order valence-corrected chi connectivity index (χ4v) is 2.86. The third kappa shape index (κ3) is 4.09. The van der Waals surface area contributed by atoms with E-state index >= 15 is 0 Å². The molecule has 28 heavy (non-hydrogen) atoms. The van der Waals surface area contributed by atoms with Crippen molar-refractivity contribution in [2.45, 2.75) is 12.6 Å². The highest BCUT2D eigenvalue weighted by molar-refractivity contribution is 5.94. The molecule has 3 heterocycles. The Bertz CT molecular complexity index is 1020. The Morgan fingerprint density at radius 2 is 1.79 bits per heavy atom. The Kier molecular flexibility index (Phi) is 5.15. The number of aromatic nitrogens is 5. The van der Waals surface area contributed by atoms with Gasteiger partial charge in [0.05, 0.1) is 17.9 Å². The van der Waals surface area contributed by atoms with Crippen molar-refractivity contribution in [3.8, 4) is 11.4 Å². The van der Waals surface area contributed by atoms with E-state index in [-0.39, 0.29) is 11.9 Å². The van der Waals surface area contributed by atoms with Crippen molar-refractivity contribution in [1.82, 2.24) is 29.8 Å². The quantitative estimate of drug-likeness (QED) is 0.564. The normalized spacial score (nSPS) is 11.7. The molecule has 0 bridgehead atoms. The van der Waals surface area contributed by atoms with E-state index in [2.05, 4.69) is 25.3 Å². The fraction of sp³-hybridized carbons (Fsp3) is 0.0952. The lowest BCUT2D eigenvalue weighted by Gasteiger charge is -2.19. The molecule has 4 aromatic rings. The van der Waals surface area contributed by atoms with Crippen LogP contribution in [-0.4, -0.2) is 30.4 Å². The Labute approximate surface area is 162 Å². The van der Waals surface area contributed by atoms with E-state index in [9.17, 15) is 4.79 Å². The first-order valence-electron chi connectivity index (χ1n) is 8.83. The smallest absolute Gasteiger partial charge is 0.254 e. The maximum atomic E-state index is 12.8. The molecule has 7 nitrogen and oxygen atoms in total. The summed E-state index contributed by atoms with van der Waals surface area (Å²) in [7, 11) is 0. The van der Waals surface area contributed by atoms with Gasteiger partial charge in [-0.1, -0.05) is 30.3 Å². The van der Waals surface area contributed by atoms with E-state index in [0.717, 1.165) is 11.1 Å². The Hall–Kier alpha value is -3.87. The van der Waals surface area contributed by atoms with Crippen molar-refractivity contribution in [3.63, 3.8) is 0 Å². The molecule has 3 aromatic heterocycles. The van der Waals surface area contributed by atoms with Crippen molar-refractivity contribution in [3.05, 3.63) is 97.1 Å². The van der Waals surface area contributed by atoms with Crippen LogP contribution in [0.2, 0.25) is 0 Å². The number of pyridine rings is 1. The number of nitrogens with zero attached hydrogens (tertiary/aromatic N) is 5. The van der Waals surface area contributed by atoms with Gasteiger partial charge < -0.3 is 9.88 Å². The molecular formula is C21H18N6O. The summed E-state index contributed by atoms with van der Waals surface area (Å²) in [5.74, 6) is 0.300. The van der Waals surface area contributed by atoms with Crippen LogP contribution in [0.3, 0.4) is 0 Å². The summed E-state index contributed by atoms with van der Waals surface area (Å²) in [6.07, 6.45) is 11.8. The van der Waals surface area contributed by atoms with Crippen LogP contribution < -0.4 is 5.32 Å². The average Bonchev–Trinajstić information content (AvgIpc) is 3.28. The van der Waals surface area contributed by atoms with E-state index in [1.165, 1.54) is 12.4 Å². The van der Waals surface area contributed by atoms with Crippen molar-refractivity contribution in [1.29, 1.82) is 0 Å². The number of benzene rings is 1. The summed E-state index contributed by atoms with van der Waals surface area (Å²) >= 11 is 0. The van der Waals surface area contributed by atoms with Crippen LogP contribution in [-0.2, 0) is 6.54 Å². The summed E-state index contributed by atoms with van der Waals surface area (Å²) in [5.41, 5.74) is 2.22. The summed E-state index contributed by atoms with van der Waals surface area (Å²) < 4.78 is 1.93. The maximum Gasteiger partial charge on any atom is 0.254 e. The molecule has 0 fully saturated rings. The SMILES string of the molecule is O=C(NC(Cn1ccnc1)c1ccccc1)c1cnc(-c2cccnc2)nc1. The summed E-state index contributed by atoms with van der Waals surface area (Å²) in [4.78, 5) is 29.5. The van der Waals surface area contributed by atoms with Crippen LogP contribution in [0.25, 0.3) is 11.4 Å². The number of rotatable bonds is 6. The molecule has 1 N–H and O–H groups in total. The molecule has 1 aromatic carbocycles. The second-order valence-electron chi connectivity index (χ2n) is 6.23. The molecule has 0 radical (unpaired) electrons. The molecule has 0 spiro atoms. The number of hydrogen-bond acceptors (Lipinski definition) is 5. The number of carbonyl (C=O) groups is 1. The fourth-order valence-electron chi connectivity index (χ4n) is 2.86. The molecule has 0 aliphatic carbocycles. The number of nitrogens with one attached hydrogen (secondary N) is 1. The van der Waals surface area contributed by atoms with Gasteiger partial charge >= 0.3 is 0 Å². The van der Waals surface area contributed by atoms with Gasteiger partial charge in [0.1, 0.15) is 0 Å². The van der Waals surface area contributed by atoms with Crippen molar-refractivity contribution < 1.29 is 4.79 Å². The van der Waals surface area contributed by atoms with Gasteiger partial charge in [0.25, 0.3) is 5.91 Å². The predicted octanol–water partition coefficient (Wildman–Crippen LogP) is 2.91. The molecule has 0 aliphatic rings. The second-order valence-corrected chi connectivity index (χ2v) is 6.23. The van der Waals surface area contributed by atoms with Crippen LogP contribution in [0.15, 0.2) is 86.0 Å². The number of carbonyl (C=O) groups excluding carboxylic acids is 1. The minimum atomic E-state index is -0.230. The summed E-state index contributed by atoms with van der Waals surface area (Å²) in [6.45, 7) is 0.574. The molecular weight excluding hydrogens is 352 g/mol. The summed E-state index contributed by atoms with van der Waals surface area (Å²) in [5, 5.41) is 3.07. The van der Waals surface area contributed by atoms with Crippen LogP contribution >= 0.6 is 0 Å².